The van der Waals surface area contributed by atoms with E-state index in [1.165, 1.54) is 18.2 Å². The number of nitrogens with one attached hydrogen (secondary N) is 2. The zero-order chi connectivity index (χ0) is 15.5. The summed E-state index contributed by atoms with van der Waals surface area (Å²) in [6.45, 7) is 2.87. The Morgan fingerprint density at radius 1 is 1.38 bits per heavy atom. The van der Waals surface area contributed by atoms with Gasteiger partial charge in [0.25, 0.3) is 5.91 Å². The number of anilines is 1. The van der Waals surface area contributed by atoms with Crippen molar-refractivity contribution in [3.8, 4) is 5.75 Å². The van der Waals surface area contributed by atoms with Crippen molar-refractivity contribution in [2.24, 2.45) is 0 Å². The maximum Gasteiger partial charge on any atom is 0.573 e. The molecule has 1 fully saturated rings. The van der Waals surface area contributed by atoms with E-state index in [1.54, 1.807) is 0 Å². The molecule has 2 N–H and O–H groups in total. The molecule has 0 unspecified atom stereocenters. The lowest BCUT2D eigenvalue weighted by atomic mass is 10.0. The molecule has 0 saturated carbocycles. The molecule has 1 aliphatic rings. The number of ether oxygens (including phenoxy) is 2. The van der Waals surface area contributed by atoms with E-state index in [-0.39, 0.29) is 12.3 Å². The first kappa shape index (κ1) is 15.6. The van der Waals surface area contributed by atoms with Gasteiger partial charge in [-0.15, -0.1) is 13.2 Å². The SMILES string of the molecule is CC1(OCC(=O)Nc2ccccc2OC(F)(F)F)CNC1. The molecule has 2 rings (SSSR count). The van der Waals surface area contributed by atoms with Gasteiger partial charge in [0.1, 0.15) is 6.61 Å². The molecule has 1 aromatic carbocycles. The molecule has 1 aliphatic heterocycles. The summed E-state index contributed by atoms with van der Waals surface area (Å²) in [5.41, 5.74) is -0.459. The average Bonchev–Trinajstić information content (AvgIpc) is 2.35. The van der Waals surface area contributed by atoms with Gasteiger partial charge in [0.15, 0.2) is 5.75 Å². The predicted molar refractivity (Wildman–Crippen MR) is 69.0 cm³/mol. The Hall–Kier alpha value is -1.80. The Morgan fingerprint density at radius 2 is 2.05 bits per heavy atom. The molecule has 0 spiro atoms. The van der Waals surface area contributed by atoms with Crippen LogP contribution < -0.4 is 15.4 Å². The monoisotopic (exact) mass is 304 g/mol. The van der Waals surface area contributed by atoms with E-state index in [4.69, 9.17) is 4.74 Å². The lowest BCUT2D eigenvalue weighted by Gasteiger charge is -2.38. The van der Waals surface area contributed by atoms with E-state index in [0.717, 1.165) is 6.07 Å². The molecule has 21 heavy (non-hydrogen) atoms. The van der Waals surface area contributed by atoms with Gasteiger partial charge in [-0.2, -0.15) is 0 Å². The molecule has 0 aromatic heterocycles. The van der Waals surface area contributed by atoms with Gasteiger partial charge in [0, 0.05) is 13.1 Å². The van der Waals surface area contributed by atoms with Crippen LogP contribution in [-0.2, 0) is 9.53 Å². The summed E-state index contributed by atoms with van der Waals surface area (Å²) in [5.74, 6) is -1.00. The number of para-hydroxylation sites is 2. The minimum absolute atomic E-state index is 0.0553. The van der Waals surface area contributed by atoms with Crippen LogP contribution in [-0.4, -0.2) is 37.6 Å². The summed E-state index contributed by atoms with van der Waals surface area (Å²) in [7, 11) is 0. The highest BCUT2D eigenvalue weighted by Gasteiger charge is 2.34. The van der Waals surface area contributed by atoms with Gasteiger partial charge < -0.3 is 20.1 Å². The Labute approximate surface area is 119 Å². The minimum Gasteiger partial charge on any atom is -0.404 e. The first-order valence-corrected chi connectivity index (χ1v) is 6.27. The number of benzene rings is 1. The smallest absolute Gasteiger partial charge is 0.404 e. The number of carbonyl (C=O) groups excluding carboxylic acids is 1. The van der Waals surface area contributed by atoms with E-state index in [2.05, 4.69) is 15.4 Å². The van der Waals surface area contributed by atoms with Crippen molar-refractivity contribution >= 4 is 11.6 Å². The van der Waals surface area contributed by atoms with E-state index in [9.17, 15) is 18.0 Å². The van der Waals surface area contributed by atoms with Crippen LogP contribution in [0.4, 0.5) is 18.9 Å². The van der Waals surface area contributed by atoms with E-state index in [0.29, 0.717) is 13.1 Å². The van der Waals surface area contributed by atoms with E-state index >= 15 is 0 Å². The standard InChI is InChI=1S/C13H15F3N2O3/c1-12(7-17-8-12)20-6-11(19)18-9-4-2-3-5-10(9)21-13(14,15)16/h2-5,17H,6-8H2,1H3,(H,18,19). The summed E-state index contributed by atoms with van der Waals surface area (Å²) in [6.07, 6.45) is -4.82. The fraction of sp³-hybridized carbons (Fsp3) is 0.462. The van der Waals surface area contributed by atoms with Gasteiger partial charge in [-0.05, 0) is 19.1 Å². The number of alkyl halides is 3. The zero-order valence-corrected chi connectivity index (χ0v) is 11.3. The average molecular weight is 304 g/mol. The third-order valence-electron chi connectivity index (χ3n) is 2.94. The third-order valence-corrected chi connectivity index (χ3v) is 2.94. The molecule has 1 saturated heterocycles. The van der Waals surface area contributed by atoms with E-state index < -0.39 is 23.6 Å². The summed E-state index contributed by atoms with van der Waals surface area (Å²) in [4.78, 5) is 11.7. The quantitative estimate of drug-likeness (QED) is 0.872. The summed E-state index contributed by atoms with van der Waals surface area (Å²) >= 11 is 0. The topological polar surface area (TPSA) is 59.6 Å². The van der Waals surface area contributed by atoms with Crippen molar-refractivity contribution in [3.63, 3.8) is 0 Å². The Bertz CT molecular complexity index is 516. The fourth-order valence-electron chi connectivity index (χ4n) is 1.79. The van der Waals surface area contributed by atoms with Crippen LogP contribution in [0, 0.1) is 0 Å². The molecule has 1 amide bonds. The number of hydrogen-bond donors (Lipinski definition) is 2. The van der Waals surface area contributed by atoms with Crippen LogP contribution in [0.3, 0.4) is 0 Å². The minimum atomic E-state index is -4.82. The highest BCUT2D eigenvalue weighted by atomic mass is 19.4. The van der Waals surface area contributed by atoms with Crippen molar-refractivity contribution in [2.75, 3.05) is 25.0 Å². The molecular weight excluding hydrogens is 289 g/mol. The van der Waals surface area contributed by atoms with Crippen molar-refractivity contribution < 1.29 is 27.4 Å². The molecule has 1 aromatic rings. The van der Waals surface area contributed by atoms with Gasteiger partial charge in [-0.1, -0.05) is 12.1 Å². The van der Waals surface area contributed by atoms with Gasteiger partial charge in [0.05, 0.1) is 11.3 Å². The summed E-state index contributed by atoms with van der Waals surface area (Å²) in [5, 5.41) is 5.35. The van der Waals surface area contributed by atoms with Crippen LogP contribution in [0.5, 0.6) is 5.75 Å². The lowest BCUT2D eigenvalue weighted by molar-refractivity contribution is -0.274. The second-order valence-electron chi connectivity index (χ2n) is 4.93. The maximum absolute atomic E-state index is 12.2. The van der Waals surface area contributed by atoms with Crippen LogP contribution in [0.15, 0.2) is 24.3 Å². The van der Waals surface area contributed by atoms with Gasteiger partial charge in [-0.25, -0.2) is 0 Å². The van der Waals surface area contributed by atoms with Crippen LogP contribution in [0.2, 0.25) is 0 Å². The first-order chi connectivity index (χ1) is 9.77. The second-order valence-corrected chi connectivity index (χ2v) is 4.93. The number of halogens is 3. The van der Waals surface area contributed by atoms with Crippen molar-refractivity contribution in [1.29, 1.82) is 0 Å². The molecular formula is C13H15F3N2O3. The van der Waals surface area contributed by atoms with Crippen LogP contribution in [0.1, 0.15) is 6.92 Å². The fourth-order valence-corrected chi connectivity index (χ4v) is 1.79. The molecule has 5 nitrogen and oxygen atoms in total. The van der Waals surface area contributed by atoms with Gasteiger partial charge in [0.2, 0.25) is 0 Å². The Morgan fingerprint density at radius 3 is 2.62 bits per heavy atom. The zero-order valence-electron chi connectivity index (χ0n) is 11.3. The van der Waals surface area contributed by atoms with Gasteiger partial charge in [-0.3, -0.25) is 4.79 Å². The Kier molecular flexibility index (Phi) is 4.38. The van der Waals surface area contributed by atoms with Crippen molar-refractivity contribution in [2.45, 2.75) is 18.9 Å². The Balaban J connectivity index is 1.94. The highest BCUT2D eigenvalue weighted by Crippen LogP contribution is 2.29. The summed E-state index contributed by atoms with van der Waals surface area (Å²) < 4.78 is 46.0. The molecule has 8 heteroatoms. The maximum atomic E-state index is 12.2. The largest absolute Gasteiger partial charge is 0.573 e. The number of rotatable bonds is 5. The summed E-state index contributed by atoms with van der Waals surface area (Å²) in [6, 6.07) is 5.33. The number of amides is 1. The molecule has 0 radical (unpaired) electrons. The second kappa shape index (κ2) is 5.90. The van der Waals surface area contributed by atoms with Gasteiger partial charge >= 0.3 is 6.36 Å². The molecule has 0 atom stereocenters. The molecule has 116 valence electrons. The number of hydrogen-bond acceptors (Lipinski definition) is 4. The van der Waals surface area contributed by atoms with E-state index in [1.807, 2.05) is 6.92 Å². The number of carbonyl (C=O) groups is 1. The van der Waals surface area contributed by atoms with Crippen molar-refractivity contribution in [3.05, 3.63) is 24.3 Å². The van der Waals surface area contributed by atoms with Crippen LogP contribution in [0.25, 0.3) is 0 Å². The van der Waals surface area contributed by atoms with Crippen LogP contribution >= 0.6 is 0 Å². The highest BCUT2D eigenvalue weighted by molar-refractivity contribution is 5.93. The lowest BCUT2D eigenvalue weighted by Crippen LogP contribution is -2.59. The normalized spacial score (nSPS) is 17.0. The third kappa shape index (κ3) is 4.61. The first-order valence-electron chi connectivity index (χ1n) is 6.27. The molecule has 1 heterocycles. The predicted octanol–water partition coefficient (Wildman–Crippen LogP) is 1.90. The molecule has 0 aliphatic carbocycles. The molecule has 0 bridgehead atoms. The van der Waals surface area contributed by atoms with Crippen molar-refractivity contribution in [1.82, 2.24) is 5.32 Å².